The van der Waals surface area contributed by atoms with Crippen LogP contribution in [-0.2, 0) is 0 Å². The summed E-state index contributed by atoms with van der Waals surface area (Å²) in [7, 11) is 0. The Morgan fingerprint density at radius 1 is 0.500 bits per heavy atom. The third kappa shape index (κ3) is 22.7. The van der Waals surface area contributed by atoms with Crippen LogP contribution in [0.15, 0.2) is 0 Å². The lowest BCUT2D eigenvalue weighted by Crippen LogP contribution is -2.38. The van der Waals surface area contributed by atoms with Gasteiger partial charge in [-0.15, -0.1) is 22.9 Å². The van der Waals surface area contributed by atoms with Crippen molar-refractivity contribution in [3.63, 3.8) is 0 Å². The van der Waals surface area contributed by atoms with Gasteiger partial charge in [-0.3, -0.25) is 0 Å². The quantitative estimate of drug-likeness (QED) is 0.120. The fourth-order valence-electron chi connectivity index (χ4n) is 4.35. The molecular formula is C28H56BrN. The van der Waals surface area contributed by atoms with Gasteiger partial charge in [-0.2, -0.15) is 0 Å². The molecule has 0 aromatic carbocycles. The topological polar surface area (TPSA) is 26.0 Å². The van der Waals surface area contributed by atoms with Gasteiger partial charge in [0.05, 0.1) is 5.54 Å². The Kier molecular flexibility index (Phi) is 27.1. The Morgan fingerprint density at radius 3 is 1.03 bits per heavy atom. The molecule has 30 heavy (non-hydrogen) atoms. The molecule has 0 amide bonds. The highest BCUT2D eigenvalue weighted by molar-refractivity contribution is 8.93. The van der Waals surface area contributed by atoms with E-state index in [-0.39, 0.29) is 22.5 Å². The second kappa shape index (κ2) is 25.3. The fraction of sp³-hybridized carbons (Fsp3) is 0.929. The first-order valence-corrected chi connectivity index (χ1v) is 13.4. The van der Waals surface area contributed by atoms with E-state index in [1.54, 1.807) is 0 Å². The lowest BCUT2D eigenvalue weighted by Gasteiger charge is -2.23. The second-order valence-electron chi connectivity index (χ2n) is 9.40. The Bertz CT molecular complexity index is 358. The molecule has 0 radical (unpaired) electrons. The monoisotopic (exact) mass is 485 g/mol. The zero-order chi connectivity index (χ0) is 21.5. The van der Waals surface area contributed by atoms with Crippen LogP contribution in [0, 0.1) is 11.8 Å². The van der Waals surface area contributed by atoms with Crippen molar-refractivity contribution >= 4 is 17.0 Å². The van der Waals surface area contributed by atoms with E-state index in [1.165, 1.54) is 128 Å². The predicted molar refractivity (Wildman–Crippen MR) is 144 cm³/mol. The highest BCUT2D eigenvalue weighted by Gasteiger charge is 2.20. The summed E-state index contributed by atoms with van der Waals surface area (Å²) in [6.45, 7) is 6.52. The first-order valence-electron chi connectivity index (χ1n) is 13.4. The van der Waals surface area contributed by atoms with Gasteiger partial charge in [0.1, 0.15) is 0 Å². The van der Waals surface area contributed by atoms with E-state index < -0.39 is 0 Å². The minimum atomic E-state index is -0.227. The minimum Gasteiger partial charge on any atom is -0.315 e. The highest BCUT2D eigenvalue weighted by atomic mass is 79.9. The van der Waals surface area contributed by atoms with Crippen molar-refractivity contribution in [1.82, 2.24) is 0 Å². The van der Waals surface area contributed by atoms with Crippen LogP contribution in [0.1, 0.15) is 162 Å². The van der Waals surface area contributed by atoms with Crippen molar-refractivity contribution in [2.24, 2.45) is 5.73 Å². The molecule has 0 saturated carbocycles. The molecule has 0 fully saturated rings. The summed E-state index contributed by atoms with van der Waals surface area (Å²) in [6, 6.07) is 0. The third-order valence-electron chi connectivity index (χ3n) is 6.33. The molecule has 2 N–H and O–H groups in total. The molecule has 0 aromatic rings. The smallest absolute Gasteiger partial charge is 0.0775 e. The Balaban J connectivity index is 0. The lowest BCUT2D eigenvalue weighted by atomic mass is 9.87. The maximum atomic E-state index is 6.65. The van der Waals surface area contributed by atoms with Gasteiger partial charge in [0.15, 0.2) is 0 Å². The van der Waals surface area contributed by atoms with Crippen LogP contribution in [0.4, 0.5) is 0 Å². The van der Waals surface area contributed by atoms with E-state index in [2.05, 4.69) is 25.7 Å². The SMILES string of the molecule is Br.CC#CC(N)(CCCCCCCCCCCC)CCCCCCCCCCCC. The van der Waals surface area contributed by atoms with E-state index in [1.807, 2.05) is 6.92 Å². The minimum absolute atomic E-state index is 0. The van der Waals surface area contributed by atoms with Crippen molar-refractivity contribution in [2.45, 2.75) is 168 Å². The van der Waals surface area contributed by atoms with Crippen LogP contribution in [0.3, 0.4) is 0 Å². The number of unbranched alkanes of at least 4 members (excludes halogenated alkanes) is 18. The molecule has 0 spiro atoms. The van der Waals surface area contributed by atoms with Gasteiger partial charge < -0.3 is 5.73 Å². The maximum Gasteiger partial charge on any atom is 0.0775 e. The van der Waals surface area contributed by atoms with Gasteiger partial charge in [0.2, 0.25) is 0 Å². The fourth-order valence-corrected chi connectivity index (χ4v) is 4.35. The van der Waals surface area contributed by atoms with Crippen LogP contribution < -0.4 is 5.73 Å². The number of hydrogen-bond donors (Lipinski definition) is 1. The van der Waals surface area contributed by atoms with Crippen LogP contribution in [0.25, 0.3) is 0 Å². The summed E-state index contributed by atoms with van der Waals surface area (Å²) in [5.74, 6) is 6.45. The molecule has 0 bridgehead atoms. The average molecular weight is 487 g/mol. The van der Waals surface area contributed by atoms with Crippen LogP contribution >= 0.6 is 17.0 Å². The normalized spacial score (nSPS) is 11.1. The molecule has 180 valence electrons. The first-order chi connectivity index (χ1) is 14.2. The zero-order valence-corrected chi connectivity index (χ0v) is 22.8. The van der Waals surface area contributed by atoms with Gasteiger partial charge in [0, 0.05) is 0 Å². The molecular weight excluding hydrogens is 430 g/mol. The van der Waals surface area contributed by atoms with E-state index in [0.29, 0.717) is 0 Å². The Morgan fingerprint density at radius 2 is 0.767 bits per heavy atom. The van der Waals surface area contributed by atoms with Crippen molar-refractivity contribution in [1.29, 1.82) is 0 Å². The number of halogens is 1. The molecule has 0 aromatic heterocycles. The molecule has 0 aliphatic rings. The Hall–Kier alpha value is 0.00000000000000000694. The van der Waals surface area contributed by atoms with Gasteiger partial charge in [0.25, 0.3) is 0 Å². The molecule has 0 aliphatic carbocycles. The molecule has 2 heteroatoms. The third-order valence-corrected chi connectivity index (χ3v) is 6.33. The van der Waals surface area contributed by atoms with Crippen LogP contribution in [-0.4, -0.2) is 5.54 Å². The van der Waals surface area contributed by atoms with Crippen molar-refractivity contribution in [3.8, 4) is 11.8 Å². The molecule has 0 saturated heterocycles. The van der Waals surface area contributed by atoms with E-state index >= 15 is 0 Å². The van der Waals surface area contributed by atoms with Crippen LogP contribution in [0.2, 0.25) is 0 Å². The zero-order valence-electron chi connectivity index (χ0n) is 21.0. The number of hydrogen-bond acceptors (Lipinski definition) is 1. The number of rotatable bonds is 22. The van der Waals surface area contributed by atoms with Gasteiger partial charge >= 0.3 is 0 Å². The van der Waals surface area contributed by atoms with Gasteiger partial charge in [-0.25, -0.2) is 0 Å². The molecule has 0 aliphatic heterocycles. The summed E-state index contributed by atoms with van der Waals surface area (Å²) in [5.41, 5.74) is 6.43. The van der Waals surface area contributed by atoms with Crippen LogP contribution in [0.5, 0.6) is 0 Å². The molecule has 0 unspecified atom stereocenters. The Labute approximate surface area is 201 Å². The second-order valence-corrected chi connectivity index (χ2v) is 9.40. The maximum absolute atomic E-state index is 6.65. The standard InChI is InChI=1S/C28H55N.BrH/c1-4-7-9-11-13-15-17-19-21-23-26-28(29,25-6-3)27-24-22-20-18-16-14-12-10-8-5-2;/h4-5,7-24,26-27,29H2,1-3H3;1H. The van der Waals surface area contributed by atoms with Gasteiger partial charge in [-0.1, -0.05) is 148 Å². The summed E-state index contributed by atoms with van der Waals surface area (Å²) in [6.07, 6.45) is 29.9. The van der Waals surface area contributed by atoms with Crippen molar-refractivity contribution in [3.05, 3.63) is 0 Å². The summed E-state index contributed by atoms with van der Waals surface area (Å²) in [5, 5.41) is 0. The predicted octanol–water partition coefficient (Wildman–Crippen LogP) is 9.91. The molecule has 0 heterocycles. The summed E-state index contributed by atoms with van der Waals surface area (Å²) in [4.78, 5) is 0. The van der Waals surface area contributed by atoms with Gasteiger partial charge in [-0.05, 0) is 19.8 Å². The lowest BCUT2D eigenvalue weighted by molar-refractivity contribution is 0.414. The van der Waals surface area contributed by atoms with E-state index in [0.717, 1.165) is 12.8 Å². The first kappa shape index (κ1) is 32.2. The van der Waals surface area contributed by atoms with Crippen molar-refractivity contribution in [2.75, 3.05) is 0 Å². The van der Waals surface area contributed by atoms with Crippen molar-refractivity contribution < 1.29 is 0 Å². The summed E-state index contributed by atoms with van der Waals surface area (Å²) >= 11 is 0. The molecule has 0 atom stereocenters. The van der Waals surface area contributed by atoms with E-state index in [9.17, 15) is 0 Å². The molecule has 0 rings (SSSR count). The highest BCUT2D eigenvalue weighted by Crippen LogP contribution is 2.21. The average Bonchev–Trinajstić information content (AvgIpc) is 2.71. The summed E-state index contributed by atoms with van der Waals surface area (Å²) < 4.78 is 0. The largest absolute Gasteiger partial charge is 0.315 e. The number of nitrogens with two attached hydrogens (primary N) is 1. The van der Waals surface area contributed by atoms with E-state index in [4.69, 9.17) is 5.73 Å². The molecule has 1 nitrogen and oxygen atoms in total.